The molecule has 0 bridgehead atoms. The number of carbonyl (C=O) groups is 1. The van der Waals surface area contributed by atoms with Gasteiger partial charge in [-0.1, -0.05) is 23.7 Å². The van der Waals surface area contributed by atoms with E-state index < -0.39 is 11.7 Å². The molecule has 2 nitrogen and oxygen atoms in total. The van der Waals surface area contributed by atoms with Gasteiger partial charge in [-0.15, -0.1) is 0 Å². The summed E-state index contributed by atoms with van der Waals surface area (Å²) in [5.41, 5.74) is 0.563. The highest BCUT2D eigenvalue weighted by atomic mass is 35.5. The van der Waals surface area contributed by atoms with Gasteiger partial charge in [0.25, 0.3) is 0 Å². The van der Waals surface area contributed by atoms with Gasteiger partial charge < -0.3 is 5.32 Å². The molecule has 0 radical (unpaired) electrons. The first-order chi connectivity index (χ1) is 10.3. The Balaban J connectivity index is 1.88. The Labute approximate surface area is 130 Å². The Morgan fingerprint density at radius 1 is 1.00 bits per heavy atom. The van der Waals surface area contributed by atoms with E-state index in [1.807, 2.05) is 12.1 Å². The van der Waals surface area contributed by atoms with Gasteiger partial charge in [-0.25, -0.2) is 0 Å². The Morgan fingerprint density at radius 2 is 1.59 bits per heavy atom. The average Bonchev–Trinajstić information content (AvgIpc) is 2.46. The van der Waals surface area contributed by atoms with E-state index in [2.05, 4.69) is 5.32 Å². The lowest BCUT2D eigenvalue weighted by molar-refractivity contribution is -0.137. The van der Waals surface area contributed by atoms with E-state index in [1.54, 1.807) is 12.1 Å². The maximum Gasteiger partial charge on any atom is 0.416 e. The first-order valence-electron chi connectivity index (χ1n) is 6.56. The minimum absolute atomic E-state index is 0.239. The molecule has 0 aliphatic rings. The molecule has 0 heterocycles. The van der Waals surface area contributed by atoms with Gasteiger partial charge >= 0.3 is 6.18 Å². The van der Waals surface area contributed by atoms with Gasteiger partial charge in [0.05, 0.1) is 5.56 Å². The standard InChI is InChI=1S/C16H13ClF3NO/c17-13-6-1-11(2-7-13)3-10-15(22)21-14-8-4-12(5-9-14)16(18,19)20/h1-2,4-9H,3,10H2,(H,21,22). The SMILES string of the molecule is O=C(CCc1ccc(Cl)cc1)Nc1ccc(C(F)(F)F)cc1. The smallest absolute Gasteiger partial charge is 0.326 e. The van der Waals surface area contributed by atoms with Crippen LogP contribution in [-0.4, -0.2) is 5.91 Å². The highest BCUT2D eigenvalue weighted by Crippen LogP contribution is 2.29. The first kappa shape index (κ1) is 16.4. The number of halogens is 4. The van der Waals surface area contributed by atoms with Gasteiger partial charge in [0.2, 0.25) is 5.91 Å². The molecule has 0 unspecified atom stereocenters. The summed E-state index contributed by atoms with van der Waals surface area (Å²) in [7, 11) is 0. The molecule has 2 aromatic rings. The van der Waals surface area contributed by atoms with Crippen molar-refractivity contribution < 1.29 is 18.0 Å². The minimum Gasteiger partial charge on any atom is -0.326 e. The number of alkyl halides is 3. The molecule has 2 rings (SSSR count). The molecule has 0 saturated heterocycles. The molecule has 22 heavy (non-hydrogen) atoms. The van der Waals surface area contributed by atoms with Gasteiger partial charge in [0.15, 0.2) is 0 Å². The van der Waals surface area contributed by atoms with E-state index in [9.17, 15) is 18.0 Å². The molecular weight excluding hydrogens is 315 g/mol. The van der Waals surface area contributed by atoms with Crippen molar-refractivity contribution in [3.05, 3.63) is 64.7 Å². The zero-order valence-corrected chi connectivity index (χ0v) is 12.2. The van der Waals surface area contributed by atoms with Crippen LogP contribution in [0.15, 0.2) is 48.5 Å². The quantitative estimate of drug-likeness (QED) is 0.847. The largest absolute Gasteiger partial charge is 0.416 e. The number of rotatable bonds is 4. The van der Waals surface area contributed by atoms with Crippen LogP contribution in [0.2, 0.25) is 5.02 Å². The van der Waals surface area contributed by atoms with E-state index in [1.165, 1.54) is 12.1 Å². The molecule has 2 aromatic carbocycles. The summed E-state index contributed by atoms with van der Waals surface area (Å²) in [6.45, 7) is 0. The number of amides is 1. The van der Waals surface area contributed by atoms with Crippen molar-refractivity contribution in [1.82, 2.24) is 0 Å². The normalized spacial score (nSPS) is 11.3. The Bertz CT molecular complexity index is 636. The predicted octanol–water partition coefficient (Wildman–Crippen LogP) is 4.93. The molecule has 0 aliphatic heterocycles. The van der Waals surface area contributed by atoms with Crippen molar-refractivity contribution >= 4 is 23.2 Å². The summed E-state index contributed by atoms with van der Waals surface area (Å²) in [6.07, 6.45) is -3.61. The minimum atomic E-state index is -4.38. The molecule has 0 spiro atoms. The van der Waals surface area contributed by atoms with Crippen LogP contribution in [0.25, 0.3) is 0 Å². The fourth-order valence-electron chi connectivity index (χ4n) is 1.87. The van der Waals surface area contributed by atoms with Crippen molar-refractivity contribution in [2.75, 3.05) is 5.32 Å². The highest BCUT2D eigenvalue weighted by Gasteiger charge is 2.29. The summed E-state index contributed by atoms with van der Waals surface area (Å²) in [4.78, 5) is 11.8. The van der Waals surface area contributed by atoms with Gasteiger partial charge in [-0.2, -0.15) is 13.2 Å². The monoisotopic (exact) mass is 327 g/mol. The van der Waals surface area contributed by atoms with Crippen LogP contribution >= 0.6 is 11.6 Å². The van der Waals surface area contributed by atoms with Gasteiger partial charge in [-0.05, 0) is 48.4 Å². The number of hydrogen-bond donors (Lipinski definition) is 1. The van der Waals surface area contributed by atoms with Gasteiger partial charge in [0, 0.05) is 17.1 Å². The lowest BCUT2D eigenvalue weighted by atomic mass is 10.1. The summed E-state index contributed by atoms with van der Waals surface area (Å²) < 4.78 is 37.3. The number of aryl methyl sites for hydroxylation is 1. The number of benzene rings is 2. The summed E-state index contributed by atoms with van der Waals surface area (Å²) in [6, 6.07) is 11.5. The fourth-order valence-corrected chi connectivity index (χ4v) is 2.00. The molecule has 116 valence electrons. The van der Waals surface area contributed by atoms with Crippen LogP contribution in [0.4, 0.5) is 18.9 Å². The zero-order chi connectivity index (χ0) is 16.2. The molecule has 0 aromatic heterocycles. The highest BCUT2D eigenvalue weighted by molar-refractivity contribution is 6.30. The molecule has 1 N–H and O–H groups in total. The Kier molecular flexibility index (Phi) is 5.08. The third kappa shape index (κ3) is 4.77. The maximum absolute atomic E-state index is 12.4. The summed E-state index contributed by atoms with van der Waals surface area (Å²) in [5, 5.41) is 3.19. The fraction of sp³-hybridized carbons (Fsp3) is 0.188. The van der Waals surface area contributed by atoms with Crippen LogP contribution in [0.3, 0.4) is 0 Å². The van der Waals surface area contributed by atoms with E-state index in [-0.39, 0.29) is 12.3 Å². The predicted molar refractivity (Wildman–Crippen MR) is 79.8 cm³/mol. The number of nitrogens with one attached hydrogen (secondary N) is 1. The second kappa shape index (κ2) is 6.83. The molecule has 0 fully saturated rings. The van der Waals surface area contributed by atoms with Crippen molar-refractivity contribution in [2.24, 2.45) is 0 Å². The van der Waals surface area contributed by atoms with Crippen molar-refractivity contribution in [2.45, 2.75) is 19.0 Å². The van der Waals surface area contributed by atoms with Crippen LogP contribution in [0.1, 0.15) is 17.5 Å². The summed E-state index contributed by atoms with van der Waals surface area (Å²) in [5.74, 6) is -0.255. The lowest BCUT2D eigenvalue weighted by Crippen LogP contribution is -2.12. The van der Waals surface area contributed by atoms with Crippen molar-refractivity contribution in [3.63, 3.8) is 0 Å². The molecule has 0 atom stereocenters. The Hall–Kier alpha value is -2.01. The molecule has 1 amide bonds. The molecule has 6 heteroatoms. The maximum atomic E-state index is 12.4. The lowest BCUT2D eigenvalue weighted by Gasteiger charge is -2.09. The Morgan fingerprint density at radius 3 is 2.14 bits per heavy atom. The first-order valence-corrected chi connectivity index (χ1v) is 6.94. The zero-order valence-electron chi connectivity index (χ0n) is 11.5. The number of hydrogen-bond acceptors (Lipinski definition) is 1. The van der Waals surface area contributed by atoms with Crippen LogP contribution < -0.4 is 5.32 Å². The van der Waals surface area contributed by atoms with Crippen LogP contribution in [-0.2, 0) is 17.4 Å². The molecule has 0 saturated carbocycles. The van der Waals surface area contributed by atoms with E-state index in [0.29, 0.717) is 17.1 Å². The third-order valence-electron chi connectivity index (χ3n) is 3.05. The van der Waals surface area contributed by atoms with Crippen LogP contribution in [0.5, 0.6) is 0 Å². The second-order valence-corrected chi connectivity index (χ2v) is 5.19. The van der Waals surface area contributed by atoms with E-state index in [0.717, 1.165) is 17.7 Å². The topological polar surface area (TPSA) is 29.1 Å². The van der Waals surface area contributed by atoms with Gasteiger partial charge in [0.1, 0.15) is 0 Å². The number of carbonyl (C=O) groups excluding carboxylic acids is 1. The second-order valence-electron chi connectivity index (χ2n) is 4.75. The molecule has 0 aliphatic carbocycles. The van der Waals surface area contributed by atoms with Crippen molar-refractivity contribution in [3.8, 4) is 0 Å². The number of anilines is 1. The van der Waals surface area contributed by atoms with Crippen molar-refractivity contribution in [1.29, 1.82) is 0 Å². The third-order valence-corrected chi connectivity index (χ3v) is 3.30. The average molecular weight is 328 g/mol. The van der Waals surface area contributed by atoms with E-state index >= 15 is 0 Å². The van der Waals surface area contributed by atoms with Crippen LogP contribution in [0, 0.1) is 0 Å². The van der Waals surface area contributed by atoms with Gasteiger partial charge in [-0.3, -0.25) is 4.79 Å². The van der Waals surface area contributed by atoms with E-state index in [4.69, 9.17) is 11.6 Å². The summed E-state index contributed by atoms with van der Waals surface area (Å²) >= 11 is 5.77. The molecular formula is C16H13ClF3NO.